The largest absolute Gasteiger partial charge is 0.481 e. The number of hydrogen-bond acceptors (Lipinski definition) is 4. The molecule has 1 saturated heterocycles. The Morgan fingerprint density at radius 1 is 1.26 bits per heavy atom. The molecule has 1 unspecified atom stereocenters. The van der Waals surface area contributed by atoms with Crippen LogP contribution in [0.1, 0.15) is 56.8 Å². The number of sulfonamides is 1. The number of carboxylic acid groups (broad SMARTS) is 1. The van der Waals surface area contributed by atoms with E-state index in [-0.39, 0.29) is 17.2 Å². The molecule has 0 saturated carbocycles. The van der Waals surface area contributed by atoms with Gasteiger partial charge in [-0.2, -0.15) is 4.31 Å². The van der Waals surface area contributed by atoms with Crippen molar-refractivity contribution in [2.75, 3.05) is 13.1 Å². The molecule has 27 heavy (non-hydrogen) atoms. The topological polar surface area (TPSA) is 104 Å². The zero-order valence-electron chi connectivity index (χ0n) is 16.1. The fourth-order valence-electron chi connectivity index (χ4n) is 3.15. The lowest BCUT2D eigenvalue weighted by molar-refractivity contribution is -0.137. The Bertz CT molecular complexity index is 787. The van der Waals surface area contributed by atoms with Crippen LogP contribution < -0.4 is 5.32 Å². The number of rotatable bonds is 7. The summed E-state index contributed by atoms with van der Waals surface area (Å²) < 4.78 is 27.0. The Morgan fingerprint density at radius 3 is 2.44 bits per heavy atom. The van der Waals surface area contributed by atoms with Crippen molar-refractivity contribution in [1.29, 1.82) is 0 Å². The molecule has 8 heteroatoms. The van der Waals surface area contributed by atoms with E-state index >= 15 is 0 Å². The van der Waals surface area contributed by atoms with Gasteiger partial charge in [-0.15, -0.1) is 0 Å². The Morgan fingerprint density at radius 2 is 1.89 bits per heavy atom. The van der Waals surface area contributed by atoms with Gasteiger partial charge in [0.1, 0.15) is 0 Å². The van der Waals surface area contributed by atoms with E-state index in [0.29, 0.717) is 31.0 Å². The number of hydrogen-bond donors (Lipinski definition) is 2. The van der Waals surface area contributed by atoms with Gasteiger partial charge >= 0.3 is 5.97 Å². The van der Waals surface area contributed by atoms with Gasteiger partial charge in [-0.25, -0.2) is 8.42 Å². The fourth-order valence-corrected chi connectivity index (χ4v) is 4.75. The third-order valence-electron chi connectivity index (χ3n) is 4.79. The summed E-state index contributed by atoms with van der Waals surface area (Å²) in [5, 5.41) is 11.6. The van der Waals surface area contributed by atoms with Crippen LogP contribution in [-0.4, -0.2) is 48.3 Å². The van der Waals surface area contributed by atoms with Gasteiger partial charge in [0.25, 0.3) is 5.91 Å². The van der Waals surface area contributed by atoms with Crippen LogP contribution in [0.3, 0.4) is 0 Å². The van der Waals surface area contributed by atoms with Crippen LogP contribution in [0.5, 0.6) is 0 Å². The van der Waals surface area contributed by atoms with Gasteiger partial charge in [-0.3, -0.25) is 9.59 Å². The van der Waals surface area contributed by atoms with Gasteiger partial charge < -0.3 is 10.4 Å². The third kappa shape index (κ3) is 5.77. The lowest BCUT2D eigenvalue weighted by atomic mass is 9.98. The van der Waals surface area contributed by atoms with Crippen LogP contribution in [0.4, 0.5) is 0 Å². The van der Waals surface area contributed by atoms with E-state index in [0.717, 1.165) is 12.8 Å². The van der Waals surface area contributed by atoms with Crippen molar-refractivity contribution in [3.8, 4) is 0 Å². The van der Waals surface area contributed by atoms with Crippen LogP contribution in [0.15, 0.2) is 29.2 Å². The maximum absolute atomic E-state index is 12.8. The molecule has 1 aromatic carbocycles. The molecular formula is C19H28N2O5S. The number of carboxylic acids is 1. The molecule has 1 atom stereocenters. The molecule has 1 amide bonds. The number of nitrogens with one attached hydrogen (secondary N) is 1. The number of piperidine rings is 1. The second-order valence-corrected chi connectivity index (χ2v) is 9.80. The second kappa shape index (κ2) is 8.39. The lowest BCUT2D eigenvalue weighted by Gasteiger charge is -2.30. The summed E-state index contributed by atoms with van der Waals surface area (Å²) in [7, 11) is -3.55. The summed E-state index contributed by atoms with van der Waals surface area (Å²) in [4.78, 5) is 23.3. The minimum Gasteiger partial charge on any atom is -0.481 e. The Hall–Kier alpha value is -1.93. The molecule has 1 fully saturated rings. The average molecular weight is 397 g/mol. The minimum absolute atomic E-state index is 0.0429. The molecule has 1 aliphatic rings. The molecule has 1 heterocycles. The van der Waals surface area contributed by atoms with E-state index in [9.17, 15) is 18.0 Å². The highest BCUT2D eigenvalue weighted by molar-refractivity contribution is 7.89. The molecular weight excluding hydrogens is 368 g/mol. The van der Waals surface area contributed by atoms with Crippen LogP contribution >= 0.6 is 0 Å². The van der Waals surface area contributed by atoms with Crippen molar-refractivity contribution in [2.45, 2.75) is 56.9 Å². The first-order valence-corrected chi connectivity index (χ1v) is 10.6. The SMILES string of the molecule is CC1CCCN(S(=O)(=O)c2ccc(C(=O)NC(C)(C)CCC(=O)O)cc2)C1. The van der Waals surface area contributed by atoms with Gasteiger partial charge in [-0.1, -0.05) is 6.92 Å². The Balaban J connectivity index is 2.07. The highest BCUT2D eigenvalue weighted by atomic mass is 32.2. The molecule has 2 N–H and O–H groups in total. The van der Waals surface area contributed by atoms with Gasteiger partial charge in [0.2, 0.25) is 10.0 Å². The van der Waals surface area contributed by atoms with Gasteiger partial charge in [0, 0.05) is 30.6 Å². The lowest BCUT2D eigenvalue weighted by Crippen LogP contribution is -2.43. The number of carbonyl (C=O) groups is 2. The van der Waals surface area contributed by atoms with E-state index in [4.69, 9.17) is 5.11 Å². The minimum atomic E-state index is -3.55. The van der Waals surface area contributed by atoms with Crippen LogP contribution in [-0.2, 0) is 14.8 Å². The van der Waals surface area contributed by atoms with Crippen molar-refractivity contribution in [3.63, 3.8) is 0 Å². The van der Waals surface area contributed by atoms with Crippen molar-refractivity contribution >= 4 is 21.9 Å². The van der Waals surface area contributed by atoms with Crippen molar-refractivity contribution < 1.29 is 23.1 Å². The predicted molar refractivity (Wildman–Crippen MR) is 102 cm³/mol. The van der Waals surface area contributed by atoms with E-state index in [1.165, 1.54) is 28.6 Å². The molecule has 0 aromatic heterocycles. The first-order chi connectivity index (χ1) is 12.5. The maximum atomic E-state index is 12.8. The first kappa shape index (κ1) is 21.4. The molecule has 0 bridgehead atoms. The summed E-state index contributed by atoms with van der Waals surface area (Å²) >= 11 is 0. The first-order valence-electron chi connectivity index (χ1n) is 9.16. The van der Waals surface area contributed by atoms with E-state index in [1.54, 1.807) is 13.8 Å². The average Bonchev–Trinajstić information content (AvgIpc) is 2.60. The van der Waals surface area contributed by atoms with Crippen LogP contribution in [0.25, 0.3) is 0 Å². The zero-order chi connectivity index (χ0) is 20.2. The highest BCUT2D eigenvalue weighted by Gasteiger charge is 2.29. The monoisotopic (exact) mass is 396 g/mol. The fraction of sp³-hybridized carbons (Fsp3) is 0.579. The van der Waals surface area contributed by atoms with Gasteiger partial charge in [0.05, 0.1) is 4.90 Å². The molecule has 1 aliphatic heterocycles. The summed E-state index contributed by atoms with van der Waals surface area (Å²) in [5.41, 5.74) is -0.339. The van der Waals surface area contributed by atoms with E-state index < -0.39 is 21.5 Å². The normalized spacial score (nSPS) is 18.9. The summed E-state index contributed by atoms with van der Waals surface area (Å²) in [6.45, 7) is 6.59. The molecule has 0 radical (unpaired) electrons. The van der Waals surface area contributed by atoms with Crippen LogP contribution in [0.2, 0.25) is 0 Å². The molecule has 0 aliphatic carbocycles. The van der Waals surface area contributed by atoms with Gasteiger partial charge in [-0.05, 0) is 63.3 Å². The maximum Gasteiger partial charge on any atom is 0.303 e. The molecule has 7 nitrogen and oxygen atoms in total. The van der Waals surface area contributed by atoms with E-state index in [2.05, 4.69) is 5.32 Å². The highest BCUT2D eigenvalue weighted by Crippen LogP contribution is 2.23. The number of nitrogens with zero attached hydrogens (tertiary/aromatic N) is 1. The van der Waals surface area contributed by atoms with Crippen molar-refractivity contribution in [1.82, 2.24) is 9.62 Å². The Labute approximate surface area is 160 Å². The summed E-state index contributed by atoms with van der Waals surface area (Å²) in [6.07, 6.45) is 2.14. The number of amides is 1. The van der Waals surface area contributed by atoms with Crippen molar-refractivity contribution in [3.05, 3.63) is 29.8 Å². The molecule has 2 rings (SSSR count). The quantitative estimate of drug-likeness (QED) is 0.737. The predicted octanol–water partition coefficient (Wildman–Crippen LogP) is 2.48. The smallest absolute Gasteiger partial charge is 0.303 e. The van der Waals surface area contributed by atoms with Crippen LogP contribution in [0, 0.1) is 5.92 Å². The standard InChI is InChI=1S/C19H28N2O5S/c1-14-5-4-12-21(13-14)27(25,26)16-8-6-15(7-9-16)18(24)20-19(2,3)11-10-17(22)23/h6-9,14H,4-5,10-13H2,1-3H3,(H,20,24)(H,22,23). The summed E-state index contributed by atoms with van der Waals surface area (Å²) in [5.74, 6) is -0.938. The number of benzene rings is 1. The van der Waals surface area contributed by atoms with Crippen molar-refractivity contribution in [2.24, 2.45) is 5.92 Å². The van der Waals surface area contributed by atoms with Gasteiger partial charge in [0.15, 0.2) is 0 Å². The Kier molecular flexibility index (Phi) is 6.64. The molecule has 0 spiro atoms. The summed E-state index contributed by atoms with van der Waals surface area (Å²) in [6, 6.07) is 5.88. The third-order valence-corrected chi connectivity index (χ3v) is 6.67. The molecule has 1 aromatic rings. The molecule has 150 valence electrons. The van der Waals surface area contributed by atoms with E-state index in [1.807, 2.05) is 6.92 Å². The number of aliphatic carboxylic acids is 1. The number of carbonyl (C=O) groups excluding carboxylic acids is 1. The second-order valence-electron chi connectivity index (χ2n) is 7.87. The zero-order valence-corrected chi connectivity index (χ0v) is 16.9.